The van der Waals surface area contributed by atoms with E-state index in [1.807, 2.05) is 6.92 Å². The summed E-state index contributed by atoms with van der Waals surface area (Å²) in [5.74, 6) is -0.501. The molecule has 3 aromatic rings. The van der Waals surface area contributed by atoms with Gasteiger partial charge < -0.3 is 30.3 Å². The predicted molar refractivity (Wildman–Crippen MR) is 157 cm³/mol. The van der Waals surface area contributed by atoms with E-state index in [-0.39, 0.29) is 49.5 Å². The van der Waals surface area contributed by atoms with E-state index in [1.165, 1.54) is 36.5 Å². The van der Waals surface area contributed by atoms with Crippen molar-refractivity contribution < 1.29 is 37.4 Å². The van der Waals surface area contributed by atoms with Crippen molar-refractivity contribution in [3.63, 3.8) is 0 Å². The molecule has 1 aliphatic heterocycles. The first kappa shape index (κ1) is 32.3. The summed E-state index contributed by atoms with van der Waals surface area (Å²) in [5.41, 5.74) is 0.727. The molecule has 0 unspecified atom stereocenters. The number of fused-ring (bicyclic) bond motifs is 1. The molecule has 13 heteroatoms. The second-order valence-electron chi connectivity index (χ2n) is 10.8. The molecule has 44 heavy (non-hydrogen) atoms. The number of hydrogen-bond donors (Lipinski definition) is 3. The average Bonchev–Trinajstić information content (AvgIpc) is 3.04. The van der Waals surface area contributed by atoms with E-state index in [4.69, 9.17) is 4.74 Å². The van der Waals surface area contributed by atoms with E-state index in [9.17, 15) is 32.7 Å². The number of nitrogens with one attached hydrogen (secondary N) is 2. The molecule has 3 atom stereocenters. The number of anilines is 2. The van der Waals surface area contributed by atoms with Gasteiger partial charge in [0.25, 0.3) is 5.91 Å². The summed E-state index contributed by atoms with van der Waals surface area (Å²) < 4.78 is 45.1. The molecule has 4 amide bonds. The summed E-state index contributed by atoms with van der Waals surface area (Å²) in [6, 6.07) is 11.2. The molecule has 0 saturated carbocycles. The van der Waals surface area contributed by atoms with E-state index in [0.717, 1.165) is 12.1 Å². The van der Waals surface area contributed by atoms with E-state index in [2.05, 4.69) is 15.6 Å². The number of likely N-dealkylation sites (N-methyl/N-ethyl adjacent to an activating group) is 1. The zero-order chi connectivity index (χ0) is 32.0. The lowest BCUT2D eigenvalue weighted by atomic mass is 10.0. The number of carbonyl (C=O) groups excluding carboxylic acids is 3. The summed E-state index contributed by atoms with van der Waals surface area (Å²) in [6.07, 6.45) is -2.15. The molecule has 0 spiro atoms. The maximum atomic E-state index is 13.4. The van der Waals surface area contributed by atoms with E-state index < -0.39 is 29.9 Å². The highest BCUT2D eigenvalue weighted by atomic mass is 19.4. The van der Waals surface area contributed by atoms with Crippen molar-refractivity contribution in [2.45, 2.75) is 38.6 Å². The average molecular weight is 614 g/mol. The lowest BCUT2D eigenvalue weighted by molar-refractivity contribution is -0.137. The summed E-state index contributed by atoms with van der Waals surface area (Å²) in [7, 11) is 1.53. The molecule has 0 radical (unpaired) electrons. The van der Waals surface area contributed by atoms with Gasteiger partial charge in [0.1, 0.15) is 11.9 Å². The fourth-order valence-corrected chi connectivity index (χ4v) is 4.75. The van der Waals surface area contributed by atoms with Crippen LogP contribution in [0.1, 0.15) is 35.3 Å². The van der Waals surface area contributed by atoms with Crippen molar-refractivity contribution in [1.29, 1.82) is 0 Å². The molecule has 10 nitrogen and oxygen atoms in total. The Morgan fingerprint density at radius 1 is 1.09 bits per heavy atom. The van der Waals surface area contributed by atoms with Crippen LogP contribution in [0.2, 0.25) is 0 Å². The topological polar surface area (TPSA) is 124 Å². The number of aliphatic hydroxyl groups excluding tert-OH is 1. The fourth-order valence-electron chi connectivity index (χ4n) is 4.75. The molecule has 1 aliphatic rings. The molecule has 1 aromatic heterocycles. The Hall–Kier alpha value is -4.65. The molecule has 0 fully saturated rings. The number of aromatic nitrogens is 1. The SMILES string of the molecule is C[C@H]1CN([C@@H](C)CO)C(=O)Cc2cc(NC(=O)c3ccncc3)ccc2O[C@@H]1CN(C)C(=O)Nc1ccc(C(F)(F)F)cc1. The third-order valence-electron chi connectivity index (χ3n) is 7.38. The Balaban J connectivity index is 1.55. The molecule has 0 bridgehead atoms. The van der Waals surface area contributed by atoms with Crippen LogP contribution in [0.3, 0.4) is 0 Å². The van der Waals surface area contributed by atoms with Gasteiger partial charge in [-0.1, -0.05) is 6.92 Å². The van der Waals surface area contributed by atoms with Gasteiger partial charge in [0, 0.05) is 54.4 Å². The Labute approximate surface area is 252 Å². The van der Waals surface area contributed by atoms with Crippen LogP contribution in [0.4, 0.5) is 29.3 Å². The molecule has 234 valence electrons. The molecule has 3 N–H and O–H groups in total. The van der Waals surface area contributed by atoms with Gasteiger partial charge in [-0.05, 0) is 61.5 Å². The number of ether oxygens (including phenoxy) is 1. The van der Waals surface area contributed by atoms with Crippen molar-refractivity contribution in [1.82, 2.24) is 14.8 Å². The van der Waals surface area contributed by atoms with Crippen molar-refractivity contribution in [2.24, 2.45) is 5.92 Å². The van der Waals surface area contributed by atoms with Gasteiger partial charge in [-0.3, -0.25) is 14.6 Å². The minimum atomic E-state index is -4.49. The number of hydrogen-bond acceptors (Lipinski definition) is 6. The van der Waals surface area contributed by atoms with Gasteiger partial charge in [-0.15, -0.1) is 0 Å². The van der Waals surface area contributed by atoms with Crippen LogP contribution in [0.5, 0.6) is 5.75 Å². The highest BCUT2D eigenvalue weighted by Gasteiger charge is 2.32. The van der Waals surface area contributed by atoms with Gasteiger partial charge in [0.05, 0.1) is 31.2 Å². The number of carbonyl (C=O) groups is 3. The molecule has 2 heterocycles. The highest BCUT2D eigenvalue weighted by Crippen LogP contribution is 2.31. The predicted octanol–water partition coefficient (Wildman–Crippen LogP) is 4.67. The summed E-state index contributed by atoms with van der Waals surface area (Å²) >= 11 is 0. The Kier molecular flexibility index (Phi) is 10.1. The van der Waals surface area contributed by atoms with E-state index in [0.29, 0.717) is 22.6 Å². The second kappa shape index (κ2) is 13.8. The van der Waals surface area contributed by atoms with Crippen molar-refractivity contribution in [3.05, 3.63) is 83.7 Å². The van der Waals surface area contributed by atoms with Crippen molar-refractivity contribution >= 4 is 29.2 Å². The van der Waals surface area contributed by atoms with Crippen molar-refractivity contribution in [2.75, 3.05) is 37.4 Å². The number of aliphatic hydroxyl groups is 1. The standard InChI is InChI=1S/C31H34F3N5O5/c1-19-16-39(20(2)18-40)28(41)15-22-14-25(36-29(42)21-10-12-35-13-11-21)8-9-26(22)44-27(19)17-38(3)30(43)37-24-6-4-23(5-7-24)31(32,33)34/h4-14,19-20,27,40H,15-18H2,1-3H3,(H,36,42)(H,37,43)/t19-,20-,27+/m0/s1. The second-order valence-corrected chi connectivity index (χ2v) is 10.8. The van der Waals surface area contributed by atoms with Gasteiger partial charge in [0.15, 0.2) is 0 Å². The maximum Gasteiger partial charge on any atom is 0.416 e. The number of benzene rings is 2. The molecule has 2 aromatic carbocycles. The lowest BCUT2D eigenvalue weighted by Gasteiger charge is -2.34. The number of halogens is 3. The van der Waals surface area contributed by atoms with Gasteiger partial charge >= 0.3 is 12.2 Å². The highest BCUT2D eigenvalue weighted by molar-refractivity contribution is 6.04. The number of pyridine rings is 1. The minimum Gasteiger partial charge on any atom is -0.488 e. The van der Waals surface area contributed by atoms with Crippen LogP contribution in [0, 0.1) is 5.92 Å². The van der Waals surface area contributed by atoms with Crippen molar-refractivity contribution in [3.8, 4) is 5.75 Å². The number of rotatable bonds is 7. The van der Waals surface area contributed by atoms with Crippen LogP contribution in [-0.2, 0) is 17.4 Å². The zero-order valence-corrected chi connectivity index (χ0v) is 24.5. The minimum absolute atomic E-state index is 0.0532. The molecule has 0 aliphatic carbocycles. The van der Waals surface area contributed by atoms with Crippen LogP contribution in [-0.4, -0.2) is 76.6 Å². The molecular formula is C31H34F3N5O5. The van der Waals surface area contributed by atoms with Crippen LogP contribution in [0.15, 0.2) is 67.0 Å². The number of alkyl halides is 3. The van der Waals surface area contributed by atoms with Crippen LogP contribution >= 0.6 is 0 Å². The third kappa shape index (κ3) is 8.04. The number of urea groups is 1. The normalized spacial score (nSPS) is 17.7. The monoisotopic (exact) mass is 613 g/mol. The van der Waals surface area contributed by atoms with Gasteiger partial charge in [0.2, 0.25) is 5.91 Å². The smallest absolute Gasteiger partial charge is 0.416 e. The first-order valence-electron chi connectivity index (χ1n) is 14.0. The molecular weight excluding hydrogens is 579 g/mol. The largest absolute Gasteiger partial charge is 0.488 e. The van der Waals surface area contributed by atoms with Crippen LogP contribution in [0.25, 0.3) is 0 Å². The van der Waals surface area contributed by atoms with E-state index in [1.54, 1.807) is 42.2 Å². The fraction of sp³-hybridized carbons (Fsp3) is 0.355. The summed E-state index contributed by atoms with van der Waals surface area (Å²) in [6.45, 7) is 3.65. The Morgan fingerprint density at radius 3 is 2.39 bits per heavy atom. The molecule has 4 rings (SSSR count). The van der Waals surface area contributed by atoms with Crippen LogP contribution < -0.4 is 15.4 Å². The summed E-state index contributed by atoms with van der Waals surface area (Å²) in [4.78, 5) is 45.9. The zero-order valence-electron chi connectivity index (χ0n) is 24.5. The summed E-state index contributed by atoms with van der Waals surface area (Å²) in [5, 5.41) is 15.3. The molecule has 0 saturated heterocycles. The van der Waals surface area contributed by atoms with Gasteiger partial charge in [-0.25, -0.2) is 4.79 Å². The quantitative estimate of drug-likeness (QED) is 0.356. The van der Waals surface area contributed by atoms with Gasteiger partial charge in [-0.2, -0.15) is 13.2 Å². The first-order chi connectivity index (χ1) is 20.8. The number of nitrogens with zero attached hydrogens (tertiary/aromatic N) is 3. The lowest BCUT2D eigenvalue weighted by Crippen LogP contribution is -2.48. The first-order valence-corrected chi connectivity index (χ1v) is 14.0. The van der Waals surface area contributed by atoms with E-state index >= 15 is 0 Å². The maximum absolute atomic E-state index is 13.4. The third-order valence-corrected chi connectivity index (χ3v) is 7.38. The number of amides is 4. The Bertz CT molecular complexity index is 1470. The Morgan fingerprint density at radius 2 is 1.75 bits per heavy atom.